The Morgan fingerprint density at radius 3 is 2.50 bits per heavy atom. The van der Waals surface area contributed by atoms with E-state index in [4.69, 9.17) is 10.5 Å². The lowest BCUT2D eigenvalue weighted by Gasteiger charge is -2.31. The van der Waals surface area contributed by atoms with Crippen LogP contribution in [-0.4, -0.2) is 48.0 Å². The fourth-order valence-corrected chi connectivity index (χ4v) is 3.72. The van der Waals surface area contributed by atoms with Crippen LogP contribution in [0.2, 0.25) is 0 Å². The van der Waals surface area contributed by atoms with E-state index in [2.05, 4.69) is 0 Å². The van der Waals surface area contributed by atoms with E-state index in [9.17, 15) is 19.1 Å². The van der Waals surface area contributed by atoms with E-state index in [1.165, 1.54) is 9.47 Å². The second-order valence-electron chi connectivity index (χ2n) is 7.24. The predicted molar refractivity (Wildman–Crippen MR) is 102 cm³/mol. The predicted octanol–water partition coefficient (Wildman–Crippen LogP) is 1.75. The summed E-state index contributed by atoms with van der Waals surface area (Å²) < 4.78 is 36.7. The van der Waals surface area contributed by atoms with E-state index < -0.39 is 28.6 Å². The minimum Gasteiger partial charge on any atom is -0.477 e. The van der Waals surface area contributed by atoms with Crippen LogP contribution in [0.15, 0.2) is 17.1 Å². The van der Waals surface area contributed by atoms with Crippen LogP contribution >= 0.6 is 12.4 Å². The van der Waals surface area contributed by atoms with Crippen LogP contribution in [-0.2, 0) is 4.74 Å². The zero-order valence-electron chi connectivity index (χ0n) is 15.0. The van der Waals surface area contributed by atoms with Crippen LogP contribution in [0, 0.1) is 17.6 Å². The van der Waals surface area contributed by atoms with E-state index >= 15 is 4.39 Å². The fraction of sp³-hybridized carbons (Fsp3) is 0.444. The van der Waals surface area contributed by atoms with Gasteiger partial charge >= 0.3 is 5.97 Å². The Balaban J connectivity index is 0.00000225. The highest BCUT2D eigenvalue weighted by Gasteiger charge is 2.33. The van der Waals surface area contributed by atoms with Gasteiger partial charge in [-0.15, -0.1) is 12.4 Å². The quantitative estimate of drug-likeness (QED) is 0.792. The van der Waals surface area contributed by atoms with Gasteiger partial charge in [-0.25, -0.2) is 13.6 Å². The molecule has 28 heavy (non-hydrogen) atoms. The number of fused-ring (bicyclic) bond motifs is 1. The van der Waals surface area contributed by atoms with E-state index in [-0.39, 0.29) is 60.2 Å². The van der Waals surface area contributed by atoms with Crippen LogP contribution in [0.25, 0.3) is 10.9 Å². The molecule has 0 radical (unpaired) electrons. The van der Waals surface area contributed by atoms with Crippen molar-refractivity contribution in [3.8, 4) is 0 Å². The van der Waals surface area contributed by atoms with Crippen molar-refractivity contribution in [3.63, 3.8) is 0 Å². The van der Waals surface area contributed by atoms with Crippen molar-refractivity contribution in [2.45, 2.75) is 19.0 Å². The topological polar surface area (TPSA) is 97.8 Å². The molecule has 0 bridgehead atoms. The summed E-state index contributed by atoms with van der Waals surface area (Å²) in [6.45, 7) is 3.11. The molecule has 4 rings (SSSR count). The van der Waals surface area contributed by atoms with Gasteiger partial charge in [-0.1, -0.05) is 6.92 Å². The molecule has 10 heteroatoms. The molecule has 7 nitrogen and oxygen atoms in total. The van der Waals surface area contributed by atoms with Crippen molar-refractivity contribution in [2.75, 3.05) is 31.2 Å². The minimum absolute atomic E-state index is 0. The average Bonchev–Trinajstić information content (AvgIpc) is 2.86. The lowest BCUT2D eigenvalue weighted by molar-refractivity contribution is -0.0219. The molecule has 0 aliphatic carbocycles. The monoisotopic (exact) mass is 415 g/mol. The first-order valence-electron chi connectivity index (χ1n) is 8.68. The van der Waals surface area contributed by atoms with Gasteiger partial charge in [-0.2, -0.15) is 0 Å². The molecule has 2 atom stereocenters. The minimum atomic E-state index is -1.44. The van der Waals surface area contributed by atoms with Crippen molar-refractivity contribution in [2.24, 2.45) is 11.7 Å². The molecule has 2 aromatic rings. The Hall–Kier alpha value is -2.23. The molecular weight excluding hydrogens is 396 g/mol. The van der Waals surface area contributed by atoms with Crippen molar-refractivity contribution >= 4 is 35.0 Å². The molecule has 2 aliphatic rings. The van der Waals surface area contributed by atoms with Crippen molar-refractivity contribution in [1.29, 1.82) is 0 Å². The van der Waals surface area contributed by atoms with Gasteiger partial charge in [-0.05, 0) is 12.0 Å². The zero-order chi connectivity index (χ0) is 19.5. The third-order valence-corrected chi connectivity index (χ3v) is 5.41. The van der Waals surface area contributed by atoms with Crippen molar-refractivity contribution in [3.05, 3.63) is 39.7 Å². The van der Waals surface area contributed by atoms with Crippen molar-refractivity contribution < 1.29 is 23.4 Å². The zero-order valence-corrected chi connectivity index (χ0v) is 15.8. The van der Waals surface area contributed by atoms with Crippen molar-refractivity contribution in [1.82, 2.24) is 4.57 Å². The molecule has 0 unspecified atom stereocenters. The standard InChI is InChI=1S/C18H19F2N3O4.ClH/c1-8-3-22(5-13(8)21)16-12(19)2-10-15(14(16)20)23(9-6-27-7-9)4-11(17(10)24)18(25)26;/h2,4,8-9,13H,3,5-7,21H2,1H3,(H,25,26);1H/t8-,13-;/m1./s1. The number of carboxylic acid groups (broad SMARTS) is 1. The molecule has 2 saturated heterocycles. The molecule has 3 N–H and O–H groups in total. The number of nitrogens with zero attached hydrogens (tertiary/aromatic N) is 2. The van der Waals surface area contributed by atoms with Gasteiger partial charge in [0.15, 0.2) is 5.82 Å². The molecule has 0 saturated carbocycles. The summed E-state index contributed by atoms with van der Waals surface area (Å²) >= 11 is 0. The number of aromatic nitrogens is 1. The Morgan fingerprint density at radius 2 is 2.00 bits per heavy atom. The number of hydrogen-bond donors (Lipinski definition) is 2. The van der Waals surface area contributed by atoms with Gasteiger partial charge in [0.2, 0.25) is 5.43 Å². The Labute approximate surface area is 165 Å². The maximum Gasteiger partial charge on any atom is 0.341 e. The number of carbonyl (C=O) groups is 1. The van der Waals surface area contributed by atoms with E-state index in [1.54, 1.807) is 0 Å². The van der Waals surface area contributed by atoms with Crippen LogP contribution < -0.4 is 16.1 Å². The Morgan fingerprint density at radius 1 is 1.32 bits per heavy atom. The van der Waals surface area contributed by atoms with Gasteiger partial charge in [-0.3, -0.25) is 4.79 Å². The summed E-state index contributed by atoms with van der Waals surface area (Å²) in [5.41, 5.74) is 4.19. The summed E-state index contributed by atoms with van der Waals surface area (Å²) in [6, 6.07) is 0.391. The number of ether oxygens (including phenoxy) is 1. The second kappa shape index (κ2) is 7.31. The highest BCUT2D eigenvalue weighted by atomic mass is 35.5. The maximum absolute atomic E-state index is 15.5. The molecule has 2 fully saturated rings. The van der Waals surface area contributed by atoms with Gasteiger partial charge in [0.05, 0.1) is 30.2 Å². The number of carboxylic acids is 1. The number of benzene rings is 1. The smallest absolute Gasteiger partial charge is 0.341 e. The molecular formula is C18H20ClF2N3O4. The van der Waals surface area contributed by atoms with Gasteiger partial charge in [0.25, 0.3) is 0 Å². The summed E-state index contributed by atoms with van der Waals surface area (Å²) in [5.74, 6) is -3.17. The van der Waals surface area contributed by atoms with Crippen LogP contribution in [0.4, 0.5) is 14.5 Å². The molecule has 3 heterocycles. The van der Waals surface area contributed by atoms with Crippen LogP contribution in [0.5, 0.6) is 0 Å². The summed E-state index contributed by atoms with van der Waals surface area (Å²) in [6.07, 6.45) is 1.11. The number of halogens is 3. The lowest BCUT2D eigenvalue weighted by atomic mass is 10.1. The first-order valence-corrected chi connectivity index (χ1v) is 8.68. The Bertz CT molecular complexity index is 999. The maximum atomic E-state index is 15.5. The molecule has 1 aromatic heterocycles. The number of aromatic carboxylic acids is 1. The van der Waals surface area contributed by atoms with Gasteiger partial charge < -0.3 is 25.0 Å². The highest BCUT2D eigenvalue weighted by Crippen LogP contribution is 2.34. The molecule has 2 aliphatic heterocycles. The van der Waals surface area contributed by atoms with Gasteiger partial charge in [0, 0.05) is 25.3 Å². The van der Waals surface area contributed by atoms with E-state index in [1.807, 2.05) is 6.92 Å². The summed E-state index contributed by atoms with van der Waals surface area (Å²) in [7, 11) is 0. The van der Waals surface area contributed by atoms with Crippen LogP contribution in [0.3, 0.4) is 0 Å². The fourth-order valence-electron chi connectivity index (χ4n) is 3.72. The number of rotatable bonds is 3. The average molecular weight is 416 g/mol. The third kappa shape index (κ3) is 3.03. The summed E-state index contributed by atoms with van der Waals surface area (Å²) in [5, 5.41) is 9.00. The number of hydrogen-bond acceptors (Lipinski definition) is 5. The molecule has 1 aromatic carbocycles. The van der Waals surface area contributed by atoms with Gasteiger partial charge in [0.1, 0.15) is 17.1 Å². The highest BCUT2D eigenvalue weighted by molar-refractivity contribution is 5.94. The second-order valence-corrected chi connectivity index (χ2v) is 7.24. The molecule has 0 amide bonds. The first-order chi connectivity index (χ1) is 12.8. The SMILES string of the molecule is C[C@@H]1CN(c2c(F)cc3c(=O)c(C(=O)O)cn(C4COC4)c3c2F)C[C@H]1N.Cl. The summed E-state index contributed by atoms with van der Waals surface area (Å²) in [4.78, 5) is 25.4. The Kier molecular flexibility index (Phi) is 5.35. The number of anilines is 1. The molecule has 152 valence electrons. The number of pyridine rings is 1. The van der Waals surface area contributed by atoms with E-state index in [0.717, 1.165) is 12.3 Å². The van der Waals surface area contributed by atoms with Crippen LogP contribution in [0.1, 0.15) is 23.3 Å². The number of nitrogens with two attached hydrogens (primary N) is 1. The largest absolute Gasteiger partial charge is 0.477 e. The van der Waals surface area contributed by atoms with E-state index in [0.29, 0.717) is 13.1 Å². The lowest BCUT2D eigenvalue weighted by Crippen LogP contribution is -2.34. The third-order valence-electron chi connectivity index (χ3n) is 5.41. The molecule has 0 spiro atoms. The normalized spacial score (nSPS) is 22.2. The first kappa shape index (κ1) is 20.5.